The van der Waals surface area contributed by atoms with Crippen molar-refractivity contribution in [1.82, 2.24) is 9.88 Å². The zero-order valence-electron chi connectivity index (χ0n) is 10.4. The molecule has 3 nitrogen and oxygen atoms in total. The molecule has 0 bridgehead atoms. The Bertz CT molecular complexity index is 396. The Morgan fingerprint density at radius 3 is 2.94 bits per heavy atom. The lowest BCUT2D eigenvalue weighted by Gasteiger charge is -2.27. The molecule has 3 heterocycles. The van der Waals surface area contributed by atoms with Gasteiger partial charge >= 0.3 is 0 Å². The Morgan fingerprint density at radius 2 is 2.12 bits per heavy atom. The van der Waals surface area contributed by atoms with Crippen LogP contribution in [0.4, 0.5) is 0 Å². The maximum absolute atomic E-state index is 4.83. The van der Waals surface area contributed by atoms with E-state index < -0.39 is 0 Å². The molecule has 0 saturated carbocycles. The van der Waals surface area contributed by atoms with Crippen molar-refractivity contribution in [3.05, 3.63) is 36.1 Å². The van der Waals surface area contributed by atoms with Gasteiger partial charge in [-0.1, -0.05) is 0 Å². The van der Waals surface area contributed by atoms with E-state index in [1.54, 1.807) is 0 Å². The maximum atomic E-state index is 4.83. The number of quaternary nitrogens is 1. The van der Waals surface area contributed by atoms with Crippen LogP contribution in [-0.4, -0.2) is 29.5 Å². The summed E-state index contributed by atoms with van der Waals surface area (Å²) in [6.45, 7) is 5.68. The van der Waals surface area contributed by atoms with Gasteiger partial charge in [0, 0.05) is 18.5 Å². The fourth-order valence-electron chi connectivity index (χ4n) is 2.86. The first-order valence-corrected chi connectivity index (χ1v) is 6.68. The van der Waals surface area contributed by atoms with Crippen LogP contribution in [-0.2, 0) is 19.5 Å². The average Bonchev–Trinajstić information content (AvgIpc) is 2.82. The quantitative estimate of drug-likeness (QED) is 0.744. The van der Waals surface area contributed by atoms with Gasteiger partial charge in [-0.25, -0.2) is 0 Å². The lowest BCUT2D eigenvalue weighted by atomic mass is 10.1. The number of fused-ring (bicyclic) bond motifs is 1. The van der Waals surface area contributed by atoms with Gasteiger partial charge in [-0.15, -0.1) is 0 Å². The lowest BCUT2D eigenvalue weighted by molar-refractivity contribution is -0.870. The number of hydrogen-bond acceptors (Lipinski definition) is 2. The van der Waals surface area contributed by atoms with Gasteiger partial charge in [-0.05, 0) is 38.1 Å². The predicted molar refractivity (Wildman–Crippen MR) is 67.3 cm³/mol. The monoisotopic (exact) mass is 231 g/mol. The standard InChI is InChI=1S/C14H21N3/c1-16-9-6-14-12(10-16)4-5-13(15-14)11-17-7-2-3-8-17/h4-5,16H,1-3,6-11H2. The van der Waals surface area contributed by atoms with Gasteiger partial charge in [0.2, 0.25) is 0 Å². The zero-order chi connectivity index (χ0) is 11.7. The van der Waals surface area contributed by atoms with Crippen LogP contribution in [0.5, 0.6) is 0 Å². The maximum Gasteiger partial charge on any atom is 0.0806 e. The van der Waals surface area contributed by atoms with Crippen LogP contribution in [0.3, 0.4) is 0 Å². The lowest BCUT2D eigenvalue weighted by Crippen LogP contribution is -3.06. The SMILES string of the molecule is [CH2-][NH+]1CCc2nc(CN3CCCC3)ccc2C1. The molecular weight excluding hydrogens is 210 g/mol. The highest BCUT2D eigenvalue weighted by Crippen LogP contribution is 2.14. The fourth-order valence-corrected chi connectivity index (χ4v) is 2.86. The van der Waals surface area contributed by atoms with Crippen LogP contribution in [0.25, 0.3) is 0 Å². The van der Waals surface area contributed by atoms with Gasteiger partial charge in [0.05, 0.1) is 24.5 Å². The van der Waals surface area contributed by atoms with Crippen molar-refractivity contribution in [3.63, 3.8) is 0 Å². The molecule has 1 unspecified atom stereocenters. The Balaban J connectivity index is 1.74. The molecule has 1 N–H and O–H groups in total. The van der Waals surface area contributed by atoms with Crippen molar-refractivity contribution in [2.24, 2.45) is 0 Å². The Morgan fingerprint density at radius 1 is 1.29 bits per heavy atom. The molecule has 0 amide bonds. The highest BCUT2D eigenvalue weighted by atomic mass is 15.1. The number of likely N-dealkylation sites (tertiary alicyclic amines) is 1. The summed E-state index contributed by atoms with van der Waals surface area (Å²) in [5.74, 6) is 0. The van der Waals surface area contributed by atoms with E-state index in [2.05, 4.69) is 24.1 Å². The molecule has 1 aromatic heterocycles. The third-order valence-electron chi connectivity index (χ3n) is 3.87. The second kappa shape index (κ2) is 4.75. The molecule has 2 aliphatic rings. The van der Waals surface area contributed by atoms with Crippen molar-refractivity contribution in [1.29, 1.82) is 0 Å². The van der Waals surface area contributed by atoms with Crippen LogP contribution >= 0.6 is 0 Å². The second-order valence-electron chi connectivity index (χ2n) is 5.32. The molecule has 3 heteroatoms. The van der Waals surface area contributed by atoms with Gasteiger partial charge in [-0.3, -0.25) is 9.88 Å². The molecule has 3 rings (SSSR count). The molecule has 0 radical (unpaired) electrons. The molecule has 2 aliphatic heterocycles. The summed E-state index contributed by atoms with van der Waals surface area (Å²) < 4.78 is 0. The van der Waals surface area contributed by atoms with E-state index in [1.807, 2.05) is 0 Å². The summed E-state index contributed by atoms with van der Waals surface area (Å²) in [7, 11) is 4.08. The Hall–Kier alpha value is -0.930. The van der Waals surface area contributed by atoms with Crippen molar-refractivity contribution in [2.75, 3.05) is 19.6 Å². The van der Waals surface area contributed by atoms with Crippen LogP contribution in [0.1, 0.15) is 29.8 Å². The largest absolute Gasteiger partial charge is 0.464 e. The van der Waals surface area contributed by atoms with E-state index in [0.29, 0.717) is 0 Å². The first-order valence-electron chi connectivity index (χ1n) is 6.68. The van der Waals surface area contributed by atoms with Crippen LogP contribution in [0, 0.1) is 7.05 Å². The molecule has 0 aromatic carbocycles. The molecule has 0 aliphatic carbocycles. The van der Waals surface area contributed by atoms with E-state index in [0.717, 1.165) is 26.1 Å². The first-order chi connectivity index (χ1) is 8.31. The van der Waals surface area contributed by atoms with Crippen LogP contribution < -0.4 is 4.90 Å². The first kappa shape index (κ1) is 11.2. The van der Waals surface area contributed by atoms with Gasteiger partial charge in [0.15, 0.2) is 0 Å². The van der Waals surface area contributed by atoms with E-state index >= 15 is 0 Å². The summed E-state index contributed by atoms with van der Waals surface area (Å²) >= 11 is 0. The topological polar surface area (TPSA) is 20.6 Å². The molecule has 1 atom stereocenters. The van der Waals surface area contributed by atoms with E-state index in [4.69, 9.17) is 4.98 Å². The number of rotatable bonds is 2. The Labute approximate surface area is 103 Å². The van der Waals surface area contributed by atoms with E-state index in [9.17, 15) is 0 Å². The summed E-state index contributed by atoms with van der Waals surface area (Å²) in [6, 6.07) is 4.47. The van der Waals surface area contributed by atoms with Crippen molar-refractivity contribution in [3.8, 4) is 0 Å². The van der Waals surface area contributed by atoms with Gasteiger partial charge < -0.3 is 4.90 Å². The minimum absolute atomic E-state index is 1.03. The summed E-state index contributed by atoms with van der Waals surface area (Å²) in [4.78, 5) is 8.69. The van der Waals surface area contributed by atoms with Crippen molar-refractivity contribution in [2.45, 2.75) is 32.4 Å². The summed E-state index contributed by atoms with van der Waals surface area (Å²) in [5.41, 5.74) is 3.96. The predicted octanol–water partition coefficient (Wildman–Crippen LogP) is 0.410. The highest BCUT2D eigenvalue weighted by molar-refractivity contribution is 5.23. The van der Waals surface area contributed by atoms with E-state index in [1.165, 1.54) is 47.8 Å². The fraction of sp³-hybridized carbons (Fsp3) is 0.571. The number of nitrogens with zero attached hydrogens (tertiary/aromatic N) is 2. The number of hydrogen-bond donors (Lipinski definition) is 1. The average molecular weight is 231 g/mol. The van der Waals surface area contributed by atoms with Gasteiger partial charge in [-0.2, -0.15) is 7.05 Å². The number of pyridine rings is 1. The van der Waals surface area contributed by atoms with Gasteiger partial charge in [0.25, 0.3) is 0 Å². The number of nitrogens with one attached hydrogen (secondary N) is 1. The third kappa shape index (κ3) is 2.50. The zero-order valence-corrected chi connectivity index (χ0v) is 10.4. The van der Waals surface area contributed by atoms with Crippen LogP contribution in [0.15, 0.2) is 12.1 Å². The molecule has 1 saturated heterocycles. The van der Waals surface area contributed by atoms with Crippen molar-refractivity contribution < 1.29 is 4.90 Å². The smallest absolute Gasteiger partial charge is 0.0806 e. The number of aromatic nitrogens is 1. The molecule has 1 aromatic rings. The highest BCUT2D eigenvalue weighted by Gasteiger charge is 2.17. The Kier molecular flexibility index (Phi) is 3.12. The second-order valence-corrected chi connectivity index (χ2v) is 5.32. The minimum Gasteiger partial charge on any atom is -0.464 e. The molecular formula is C14H21N3. The summed E-state index contributed by atoms with van der Waals surface area (Å²) in [6.07, 6.45) is 3.79. The van der Waals surface area contributed by atoms with Crippen LogP contribution in [0.2, 0.25) is 0 Å². The molecule has 17 heavy (non-hydrogen) atoms. The third-order valence-corrected chi connectivity index (χ3v) is 3.87. The van der Waals surface area contributed by atoms with E-state index in [-0.39, 0.29) is 0 Å². The summed E-state index contributed by atoms with van der Waals surface area (Å²) in [5, 5.41) is 0. The molecule has 92 valence electrons. The van der Waals surface area contributed by atoms with Crippen molar-refractivity contribution >= 4 is 0 Å². The minimum atomic E-state index is 1.03. The normalized spacial score (nSPS) is 24.9. The molecule has 1 fully saturated rings. The molecule has 0 spiro atoms. The van der Waals surface area contributed by atoms with Gasteiger partial charge in [0.1, 0.15) is 0 Å².